The van der Waals surface area contributed by atoms with E-state index in [1.807, 2.05) is 0 Å². The smallest absolute Gasteiger partial charge is 0.320 e. The number of nitrogens with one attached hydrogen (secondary N) is 1. The van der Waals surface area contributed by atoms with Crippen LogP contribution in [-0.4, -0.2) is 62.3 Å². The molecule has 6 atom stereocenters. The molecule has 0 unspecified atom stereocenters. The number of rotatable bonds is 9. The lowest BCUT2D eigenvalue weighted by Gasteiger charge is -2.42. The van der Waals surface area contributed by atoms with Crippen molar-refractivity contribution in [1.82, 2.24) is 5.32 Å². The van der Waals surface area contributed by atoms with Gasteiger partial charge < -0.3 is 24.3 Å². The third-order valence-corrected chi connectivity index (χ3v) is 6.34. The quantitative estimate of drug-likeness (QED) is 0.368. The summed E-state index contributed by atoms with van der Waals surface area (Å²) in [5.74, 6) is 0.341. The average molecular weight is 396 g/mol. The van der Waals surface area contributed by atoms with Crippen molar-refractivity contribution in [3.63, 3.8) is 0 Å². The highest BCUT2D eigenvalue weighted by atomic mass is 16.6. The molecule has 0 amide bonds. The summed E-state index contributed by atoms with van der Waals surface area (Å²) in [4.78, 5) is 12.3. The predicted molar refractivity (Wildman–Crippen MR) is 107 cm³/mol. The van der Waals surface area contributed by atoms with Crippen LogP contribution < -0.4 is 5.32 Å². The molecule has 0 aromatic heterocycles. The summed E-state index contributed by atoms with van der Waals surface area (Å²) in [5, 5.41) is 3.15. The van der Waals surface area contributed by atoms with Crippen molar-refractivity contribution in [3.8, 4) is 0 Å². The minimum absolute atomic E-state index is 0.0655. The Bertz CT molecular complexity index is 596. The van der Waals surface area contributed by atoms with Crippen molar-refractivity contribution >= 4 is 5.97 Å². The van der Waals surface area contributed by atoms with E-state index in [-0.39, 0.29) is 47.9 Å². The fraction of sp³-hybridized carbons (Fsp3) is 0.864. The molecule has 2 aliphatic heterocycles. The van der Waals surface area contributed by atoms with Crippen LogP contribution in [0.4, 0.5) is 0 Å². The van der Waals surface area contributed by atoms with Crippen molar-refractivity contribution < 1.29 is 23.7 Å². The largest absolute Gasteiger partial charge is 0.459 e. The summed E-state index contributed by atoms with van der Waals surface area (Å²) in [6.45, 7) is 12.4. The fourth-order valence-corrected chi connectivity index (χ4v) is 4.74. The second-order valence-corrected chi connectivity index (χ2v) is 9.43. The Morgan fingerprint density at radius 2 is 2.07 bits per heavy atom. The molecule has 0 aromatic rings. The molecule has 6 nitrogen and oxygen atoms in total. The van der Waals surface area contributed by atoms with Gasteiger partial charge in [0.25, 0.3) is 0 Å². The molecule has 1 saturated carbocycles. The van der Waals surface area contributed by atoms with Crippen molar-refractivity contribution in [1.29, 1.82) is 0 Å². The van der Waals surface area contributed by atoms with Gasteiger partial charge in [0, 0.05) is 7.11 Å². The maximum atomic E-state index is 12.3. The molecule has 160 valence electrons. The number of hydrogen-bond donors (Lipinski definition) is 1. The minimum atomic E-state index is -0.301. The average Bonchev–Trinajstić information content (AvgIpc) is 3.52. The van der Waals surface area contributed by atoms with Crippen molar-refractivity contribution in [2.75, 3.05) is 26.8 Å². The van der Waals surface area contributed by atoms with Crippen LogP contribution in [0.2, 0.25) is 0 Å². The van der Waals surface area contributed by atoms with Gasteiger partial charge in [0.1, 0.15) is 23.4 Å². The van der Waals surface area contributed by atoms with E-state index in [4.69, 9.17) is 18.9 Å². The first-order valence-corrected chi connectivity index (χ1v) is 10.6. The number of ether oxygens (including phenoxy) is 4. The first kappa shape index (κ1) is 21.8. The molecule has 1 aliphatic carbocycles. The predicted octanol–water partition coefficient (Wildman–Crippen LogP) is 2.85. The van der Waals surface area contributed by atoms with Crippen molar-refractivity contribution in [2.24, 2.45) is 11.8 Å². The van der Waals surface area contributed by atoms with Crippen molar-refractivity contribution in [2.45, 2.75) is 83.4 Å². The highest BCUT2D eigenvalue weighted by Crippen LogP contribution is 2.59. The fourth-order valence-electron chi connectivity index (χ4n) is 4.74. The van der Waals surface area contributed by atoms with E-state index in [9.17, 15) is 4.79 Å². The summed E-state index contributed by atoms with van der Waals surface area (Å²) in [7, 11) is 1.70. The number of epoxide rings is 2. The van der Waals surface area contributed by atoms with Gasteiger partial charge in [0.05, 0.1) is 25.2 Å². The van der Waals surface area contributed by atoms with Crippen LogP contribution in [0.5, 0.6) is 0 Å². The first-order valence-electron chi connectivity index (χ1n) is 10.6. The SMILES string of the molecule is CO[C@@H]1[C@H](OC(=O)CNCC(C)C)CC[C@]2(CO2)[C@H]1[C@]1(C)O[C@@H]1CC=C(C)C. The Labute approximate surface area is 169 Å². The van der Waals surface area contributed by atoms with Gasteiger partial charge in [-0.25, -0.2) is 0 Å². The second-order valence-electron chi connectivity index (χ2n) is 9.43. The minimum Gasteiger partial charge on any atom is -0.459 e. The maximum absolute atomic E-state index is 12.3. The third-order valence-electron chi connectivity index (χ3n) is 6.34. The van der Waals surface area contributed by atoms with Crippen molar-refractivity contribution in [3.05, 3.63) is 11.6 Å². The molecule has 0 radical (unpaired) electrons. The second kappa shape index (κ2) is 8.42. The van der Waals surface area contributed by atoms with Crippen LogP contribution in [0.1, 0.15) is 53.9 Å². The molecule has 1 N–H and O–H groups in total. The molecule has 3 rings (SSSR count). The van der Waals surface area contributed by atoms with Crippen LogP contribution >= 0.6 is 0 Å². The molecular formula is C22H37NO5. The van der Waals surface area contributed by atoms with Gasteiger partial charge in [-0.05, 0) is 52.5 Å². The number of methoxy groups -OCH3 is 1. The molecule has 6 heteroatoms. The number of hydrogen-bond acceptors (Lipinski definition) is 6. The van der Waals surface area contributed by atoms with Gasteiger partial charge in [-0.2, -0.15) is 0 Å². The lowest BCUT2D eigenvalue weighted by Crippen LogP contribution is -2.56. The summed E-state index contributed by atoms with van der Waals surface area (Å²) in [6.07, 6.45) is 4.44. The third kappa shape index (κ3) is 4.61. The Balaban J connectivity index is 1.66. The van der Waals surface area contributed by atoms with E-state index in [2.05, 4.69) is 46.0 Å². The number of esters is 1. The Morgan fingerprint density at radius 1 is 1.36 bits per heavy atom. The lowest BCUT2D eigenvalue weighted by atomic mass is 9.68. The molecule has 28 heavy (non-hydrogen) atoms. The Hall–Kier alpha value is -0.950. The van der Waals surface area contributed by atoms with Crippen LogP contribution in [0.3, 0.4) is 0 Å². The lowest BCUT2D eigenvalue weighted by molar-refractivity contribution is -0.170. The molecule has 2 heterocycles. The molecule has 0 bridgehead atoms. The van der Waals surface area contributed by atoms with E-state index < -0.39 is 0 Å². The van der Waals surface area contributed by atoms with Crippen LogP contribution in [0.25, 0.3) is 0 Å². The Morgan fingerprint density at radius 3 is 2.64 bits per heavy atom. The van der Waals surface area contributed by atoms with E-state index in [0.717, 1.165) is 32.4 Å². The van der Waals surface area contributed by atoms with E-state index in [1.165, 1.54) is 5.57 Å². The van der Waals surface area contributed by atoms with Gasteiger partial charge in [-0.1, -0.05) is 25.5 Å². The van der Waals surface area contributed by atoms with E-state index in [0.29, 0.717) is 5.92 Å². The number of carbonyl (C=O) groups excluding carboxylic acids is 1. The van der Waals surface area contributed by atoms with Gasteiger partial charge in [0.15, 0.2) is 0 Å². The number of carbonyl (C=O) groups is 1. The summed E-state index contributed by atoms with van der Waals surface area (Å²) < 4.78 is 23.9. The van der Waals surface area contributed by atoms with Gasteiger partial charge in [0.2, 0.25) is 0 Å². The molecule has 1 spiro atoms. The van der Waals surface area contributed by atoms with E-state index in [1.54, 1.807) is 7.11 Å². The zero-order chi connectivity index (χ0) is 20.5. The Kier molecular flexibility index (Phi) is 6.54. The monoisotopic (exact) mass is 395 g/mol. The number of allylic oxidation sites excluding steroid dienone is 1. The maximum Gasteiger partial charge on any atom is 0.320 e. The zero-order valence-corrected chi connectivity index (χ0v) is 18.2. The summed E-state index contributed by atoms with van der Waals surface area (Å²) >= 11 is 0. The van der Waals surface area contributed by atoms with Gasteiger partial charge in [-0.15, -0.1) is 0 Å². The summed E-state index contributed by atoms with van der Waals surface area (Å²) in [6, 6.07) is 0. The van der Waals surface area contributed by atoms with Gasteiger partial charge >= 0.3 is 5.97 Å². The standard InChI is InChI=1S/C22H37NO5/c1-14(2)7-8-17-21(5,28-17)20-19(25-6)16(9-10-22(20)13-26-22)27-18(24)12-23-11-15(3)4/h7,15-17,19-20,23H,8-13H2,1-6H3/t16-,17-,19-,20-,21-,22+/m1/s1. The van der Waals surface area contributed by atoms with Crippen LogP contribution in [0, 0.1) is 11.8 Å². The van der Waals surface area contributed by atoms with Gasteiger partial charge in [-0.3, -0.25) is 4.79 Å². The van der Waals surface area contributed by atoms with Crippen LogP contribution in [0.15, 0.2) is 11.6 Å². The van der Waals surface area contributed by atoms with Crippen LogP contribution in [-0.2, 0) is 23.7 Å². The van der Waals surface area contributed by atoms with E-state index >= 15 is 0 Å². The topological polar surface area (TPSA) is 72.6 Å². The zero-order valence-electron chi connectivity index (χ0n) is 18.2. The summed E-state index contributed by atoms with van der Waals surface area (Å²) in [5.41, 5.74) is 0.806. The first-order chi connectivity index (χ1) is 13.2. The molecule has 2 saturated heterocycles. The normalized spacial score (nSPS) is 39.1. The molecule has 3 aliphatic rings. The molecule has 3 fully saturated rings. The highest BCUT2D eigenvalue weighted by Gasteiger charge is 2.72. The highest BCUT2D eigenvalue weighted by molar-refractivity contribution is 5.71. The molecule has 0 aromatic carbocycles. The molecular weight excluding hydrogens is 358 g/mol.